The van der Waals surface area contributed by atoms with Crippen LogP contribution in [0.15, 0.2) is 0 Å². The molecule has 1 rings (SSSR count). The van der Waals surface area contributed by atoms with Crippen molar-refractivity contribution in [1.82, 2.24) is 4.90 Å². The number of nitrogens with zero attached hydrogens (tertiary/aromatic N) is 1. The van der Waals surface area contributed by atoms with E-state index in [4.69, 9.17) is 15.2 Å². The van der Waals surface area contributed by atoms with Gasteiger partial charge in [-0.05, 0) is 6.54 Å². The summed E-state index contributed by atoms with van der Waals surface area (Å²) < 4.78 is 10.8. The van der Waals surface area contributed by atoms with Crippen molar-refractivity contribution in [3.05, 3.63) is 0 Å². The lowest BCUT2D eigenvalue weighted by Gasteiger charge is -2.31. The highest BCUT2D eigenvalue weighted by Gasteiger charge is 2.18. The van der Waals surface area contributed by atoms with Crippen LogP contribution >= 0.6 is 0 Å². The molecule has 0 spiro atoms. The number of ether oxygens (including phenoxy) is 2. The van der Waals surface area contributed by atoms with Crippen LogP contribution in [0.5, 0.6) is 0 Å². The van der Waals surface area contributed by atoms with Crippen molar-refractivity contribution in [3.63, 3.8) is 0 Å². The van der Waals surface area contributed by atoms with E-state index in [2.05, 4.69) is 11.8 Å². The summed E-state index contributed by atoms with van der Waals surface area (Å²) in [6.07, 6.45) is -0.0674. The maximum absolute atomic E-state index is 5.39. The summed E-state index contributed by atoms with van der Waals surface area (Å²) in [7, 11) is 0. The molecular formula is C8H18N2O2. The first-order valence-corrected chi connectivity index (χ1v) is 4.52. The first-order chi connectivity index (χ1) is 5.86. The molecule has 0 amide bonds. The van der Waals surface area contributed by atoms with Crippen molar-refractivity contribution >= 4 is 0 Å². The number of likely N-dealkylation sites (N-methyl/N-ethyl adjacent to an activating group) is 1. The highest BCUT2D eigenvalue weighted by molar-refractivity contribution is 4.63. The van der Waals surface area contributed by atoms with Gasteiger partial charge in [-0.15, -0.1) is 0 Å². The third-order valence-corrected chi connectivity index (χ3v) is 1.99. The minimum atomic E-state index is -0.0674. The zero-order chi connectivity index (χ0) is 8.81. The number of hydrogen-bond acceptors (Lipinski definition) is 4. The molecule has 1 unspecified atom stereocenters. The standard InChI is InChI=1S/C8H18N2O2/c1-2-10-4-6-12-8(7-10)11-5-3-9/h8H,2-7,9H2,1H3. The Morgan fingerprint density at radius 1 is 1.67 bits per heavy atom. The van der Waals surface area contributed by atoms with E-state index in [1.807, 2.05) is 0 Å². The summed E-state index contributed by atoms with van der Waals surface area (Å²) in [5.74, 6) is 0. The normalized spacial score (nSPS) is 26.0. The Bertz CT molecular complexity index is 122. The summed E-state index contributed by atoms with van der Waals surface area (Å²) in [6.45, 7) is 7.00. The zero-order valence-electron chi connectivity index (χ0n) is 7.66. The molecule has 0 saturated carbocycles. The molecule has 1 saturated heterocycles. The van der Waals surface area contributed by atoms with Gasteiger partial charge in [-0.1, -0.05) is 6.92 Å². The van der Waals surface area contributed by atoms with Crippen LogP contribution in [-0.4, -0.2) is 50.6 Å². The Hall–Kier alpha value is -0.160. The molecule has 1 atom stereocenters. The smallest absolute Gasteiger partial charge is 0.170 e. The molecule has 72 valence electrons. The van der Waals surface area contributed by atoms with Crippen LogP contribution in [0.1, 0.15) is 6.92 Å². The van der Waals surface area contributed by atoms with Crippen LogP contribution in [0.4, 0.5) is 0 Å². The Kier molecular flexibility index (Phi) is 4.53. The van der Waals surface area contributed by atoms with Crippen LogP contribution in [0.3, 0.4) is 0 Å². The quantitative estimate of drug-likeness (QED) is 0.632. The van der Waals surface area contributed by atoms with Crippen molar-refractivity contribution in [2.75, 3.05) is 39.4 Å². The van der Waals surface area contributed by atoms with Gasteiger partial charge in [0.15, 0.2) is 6.29 Å². The predicted molar refractivity (Wildman–Crippen MR) is 46.9 cm³/mol. The molecule has 0 radical (unpaired) electrons. The Morgan fingerprint density at radius 2 is 2.50 bits per heavy atom. The average Bonchev–Trinajstić information content (AvgIpc) is 2.15. The molecule has 0 aromatic heterocycles. The van der Waals surface area contributed by atoms with Gasteiger partial charge in [0.25, 0.3) is 0 Å². The lowest BCUT2D eigenvalue weighted by atomic mass is 10.4. The molecule has 12 heavy (non-hydrogen) atoms. The molecule has 0 aromatic carbocycles. The van der Waals surface area contributed by atoms with E-state index in [0.717, 1.165) is 26.2 Å². The molecule has 1 heterocycles. The van der Waals surface area contributed by atoms with Crippen molar-refractivity contribution < 1.29 is 9.47 Å². The van der Waals surface area contributed by atoms with Gasteiger partial charge < -0.3 is 15.2 Å². The van der Waals surface area contributed by atoms with Crippen LogP contribution in [0.25, 0.3) is 0 Å². The lowest BCUT2D eigenvalue weighted by Crippen LogP contribution is -2.43. The Labute approximate surface area is 73.6 Å². The fourth-order valence-electron chi connectivity index (χ4n) is 1.26. The van der Waals surface area contributed by atoms with Crippen LogP contribution in [0, 0.1) is 0 Å². The summed E-state index contributed by atoms with van der Waals surface area (Å²) in [5, 5.41) is 0. The average molecular weight is 174 g/mol. The maximum Gasteiger partial charge on any atom is 0.170 e. The van der Waals surface area contributed by atoms with E-state index in [0.29, 0.717) is 13.2 Å². The third-order valence-electron chi connectivity index (χ3n) is 1.99. The van der Waals surface area contributed by atoms with E-state index in [9.17, 15) is 0 Å². The van der Waals surface area contributed by atoms with Crippen LogP contribution in [0.2, 0.25) is 0 Å². The number of nitrogens with two attached hydrogens (primary N) is 1. The van der Waals surface area contributed by atoms with Crippen molar-refractivity contribution in [2.24, 2.45) is 5.73 Å². The summed E-state index contributed by atoms with van der Waals surface area (Å²) in [4.78, 5) is 2.31. The number of hydrogen-bond donors (Lipinski definition) is 1. The summed E-state index contributed by atoms with van der Waals surface area (Å²) in [6, 6.07) is 0. The fourth-order valence-corrected chi connectivity index (χ4v) is 1.26. The Balaban J connectivity index is 2.16. The molecule has 0 bridgehead atoms. The van der Waals surface area contributed by atoms with Gasteiger partial charge in [0.05, 0.1) is 13.2 Å². The van der Waals surface area contributed by atoms with Gasteiger partial charge in [0, 0.05) is 19.6 Å². The molecule has 1 fully saturated rings. The van der Waals surface area contributed by atoms with Gasteiger partial charge >= 0.3 is 0 Å². The first-order valence-electron chi connectivity index (χ1n) is 4.52. The van der Waals surface area contributed by atoms with E-state index in [1.54, 1.807) is 0 Å². The molecular weight excluding hydrogens is 156 g/mol. The molecule has 1 aliphatic rings. The largest absolute Gasteiger partial charge is 0.350 e. The second-order valence-electron chi connectivity index (χ2n) is 2.85. The maximum atomic E-state index is 5.39. The minimum absolute atomic E-state index is 0.0674. The fraction of sp³-hybridized carbons (Fsp3) is 1.00. The van der Waals surface area contributed by atoms with Crippen molar-refractivity contribution in [3.8, 4) is 0 Å². The lowest BCUT2D eigenvalue weighted by molar-refractivity contribution is -0.177. The molecule has 1 aliphatic heterocycles. The molecule has 0 aromatic rings. The predicted octanol–water partition coefficient (Wildman–Crippen LogP) is -0.360. The minimum Gasteiger partial charge on any atom is -0.350 e. The number of rotatable bonds is 4. The summed E-state index contributed by atoms with van der Waals surface area (Å²) >= 11 is 0. The monoisotopic (exact) mass is 174 g/mol. The molecule has 4 nitrogen and oxygen atoms in total. The molecule has 2 N–H and O–H groups in total. The Morgan fingerprint density at radius 3 is 3.17 bits per heavy atom. The van der Waals surface area contributed by atoms with Gasteiger partial charge in [-0.2, -0.15) is 0 Å². The van der Waals surface area contributed by atoms with Gasteiger partial charge in [-0.3, -0.25) is 4.90 Å². The second-order valence-corrected chi connectivity index (χ2v) is 2.85. The van der Waals surface area contributed by atoms with Crippen LogP contribution in [-0.2, 0) is 9.47 Å². The third kappa shape index (κ3) is 3.06. The topological polar surface area (TPSA) is 47.7 Å². The zero-order valence-corrected chi connectivity index (χ0v) is 7.66. The van der Waals surface area contributed by atoms with E-state index < -0.39 is 0 Å². The molecule has 4 heteroatoms. The first kappa shape index (κ1) is 9.92. The van der Waals surface area contributed by atoms with Gasteiger partial charge in [0.1, 0.15) is 0 Å². The van der Waals surface area contributed by atoms with E-state index in [-0.39, 0.29) is 6.29 Å². The van der Waals surface area contributed by atoms with Crippen molar-refractivity contribution in [2.45, 2.75) is 13.2 Å². The van der Waals surface area contributed by atoms with Gasteiger partial charge in [0.2, 0.25) is 0 Å². The van der Waals surface area contributed by atoms with E-state index >= 15 is 0 Å². The highest BCUT2D eigenvalue weighted by atomic mass is 16.7. The summed E-state index contributed by atoms with van der Waals surface area (Å²) in [5.41, 5.74) is 5.32. The van der Waals surface area contributed by atoms with Gasteiger partial charge in [-0.25, -0.2) is 0 Å². The second kappa shape index (κ2) is 5.48. The number of morpholine rings is 1. The van der Waals surface area contributed by atoms with Crippen LogP contribution < -0.4 is 5.73 Å². The molecule has 0 aliphatic carbocycles. The SMILES string of the molecule is CCN1CCOC(OCCN)C1. The van der Waals surface area contributed by atoms with E-state index in [1.165, 1.54) is 0 Å². The van der Waals surface area contributed by atoms with Crippen molar-refractivity contribution in [1.29, 1.82) is 0 Å². The highest BCUT2D eigenvalue weighted by Crippen LogP contribution is 2.05.